The number of aromatic nitrogens is 3. The normalized spacial score (nSPS) is 10.1. The van der Waals surface area contributed by atoms with Crippen molar-refractivity contribution >= 4 is 29.3 Å². The molecule has 0 aliphatic rings. The first-order chi connectivity index (χ1) is 8.56. The maximum Gasteiger partial charge on any atom is 0.321 e. The highest BCUT2D eigenvalue weighted by atomic mass is 35.5. The van der Waals surface area contributed by atoms with Gasteiger partial charge in [0.25, 0.3) is 5.91 Å². The van der Waals surface area contributed by atoms with Gasteiger partial charge in [-0.15, -0.1) is 0 Å². The Morgan fingerprint density at radius 3 is 2.83 bits per heavy atom. The van der Waals surface area contributed by atoms with E-state index in [0.717, 1.165) is 0 Å². The minimum atomic E-state index is -0.632. The number of hydrogen-bond acceptors (Lipinski definition) is 5. The second-order valence-corrected chi connectivity index (χ2v) is 3.56. The molecular weight excluding hydrogens is 262 g/mol. The summed E-state index contributed by atoms with van der Waals surface area (Å²) in [6.45, 7) is 0. The average molecular weight is 268 g/mol. The van der Waals surface area contributed by atoms with Crippen molar-refractivity contribution in [3.63, 3.8) is 0 Å². The molecule has 0 aromatic carbocycles. The molecule has 18 heavy (non-hydrogen) atoms. The van der Waals surface area contributed by atoms with Crippen molar-refractivity contribution in [2.45, 2.75) is 0 Å². The molecule has 0 bridgehead atoms. The van der Waals surface area contributed by atoms with Crippen molar-refractivity contribution in [1.82, 2.24) is 15.0 Å². The molecule has 0 aliphatic carbocycles. The van der Waals surface area contributed by atoms with Gasteiger partial charge < -0.3 is 10.1 Å². The molecule has 8 nitrogen and oxygen atoms in total. The van der Waals surface area contributed by atoms with Crippen LogP contribution in [0.3, 0.4) is 0 Å². The van der Waals surface area contributed by atoms with Gasteiger partial charge in [0.15, 0.2) is 5.69 Å². The van der Waals surface area contributed by atoms with Crippen LogP contribution in [0.2, 0.25) is 5.15 Å². The van der Waals surface area contributed by atoms with Crippen LogP contribution in [0.25, 0.3) is 0 Å². The van der Waals surface area contributed by atoms with Crippen LogP contribution in [-0.2, 0) is 0 Å². The number of nitro groups is 1. The van der Waals surface area contributed by atoms with Crippen LogP contribution < -0.4 is 5.32 Å². The molecule has 2 aromatic heterocycles. The summed E-state index contributed by atoms with van der Waals surface area (Å²) in [4.78, 5) is 31.4. The van der Waals surface area contributed by atoms with Crippen LogP contribution in [0.15, 0.2) is 24.4 Å². The fourth-order valence-corrected chi connectivity index (χ4v) is 1.32. The van der Waals surface area contributed by atoms with Gasteiger partial charge in [0.05, 0.1) is 0 Å². The van der Waals surface area contributed by atoms with Crippen molar-refractivity contribution in [3.8, 4) is 0 Å². The van der Waals surface area contributed by atoms with E-state index in [1.165, 1.54) is 24.4 Å². The fourth-order valence-electron chi connectivity index (χ4n) is 1.19. The summed E-state index contributed by atoms with van der Waals surface area (Å²) in [5.74, 6) is -0.845. The van der Waals surface area contributed by atoms with Crippen LogP contribution in [0.1, 0.15) is 10.5 Å². The molecular formula is C9H6ClN5O3. The van der Waals surface area contributed by atoms with E-state index in [2.05, 4.69) is 20.3 Å². The number of carbonyl (C=O) groups is 1. The SMILES string of the molecule is O=C(Nc1nccc(Cl)n1)c1ccc([N+](=O)[O-])[nH]1. The standard InChI is InChI=1S/C9H6ClN5O3/c10-6-3-4-11-9(13-6)14-8(16)5-1-2-7(12-5)15(17)18/h1-4,12H,(H,11,13,14,16). The Morgan fingerprint density at radius 2 is 2.22 bits per heavy atom. The second-order valence-electron chi connectivity index (χ2n) is 3.17. The molecule has 92 valence electrons. The molecule has 0 unspecified atom stereocenters. The van der Waals surface area contributed by atoms with Crippen molar-refractivity contribution in [3.05, 3.63) is 45.4 Å². The molecule has 9 heteroatoms. The van der Waals surface area contributed by atoms with Gasteiger partial charge in [-0.2, -0.15) is 0 Å². The van der Waals surface area contributed by atoms with Crippen LogP contribution in [-0.4, -0.2) is 25.8 Å². The lowest BCUT2D eigenvalue weighted by atomic mass is 10.4. The Bertz CT molecular complexity index is 612. The van der Waals surface area contributed by atoms with Crippen molar-refractivity contribution in [2.75, 3.05) is 5.32 Å². The van der Waals surface area contributed by atoms with Crippen molar-refractivity contribution in [1.29, 1.82) is 0 Å². The van der Waals surface area contributed by atoms with E-state index in [9.17, 15) is 14.9 Å². The Hall–Kier alpha value is -2.48. The molecule has 1 amide bonds. The van der Waals surface area contributed by atoms with Gasteiger partial charge in [0.2, 0.25) is 5.95 Å². The Labute approximate surface area is 105 Å². The highest BCUT2D eigenvalue weighted by Crippen LogP contribution is 2.12. The molecule has 0 radical (unpaired) electrons. The summed E-state index contributed by atoms with van der Waals surface area (Å²) in [5.41, 5.74) is 0.0327. The molecule has 0 fully saturated rings. The van der Waals surface area contributed by atoms with Gasteiger partial charge >= 0.3 is 5.82 Å². The summed E-state index contributed by atoms with van der Waals surface area (Å²) >= 11 is 5.62. The number of rotatable bonds is 3. The fraction of sp³-hybridized carbons (Fsp3) is 0. The molecule has 2 heterocycles. The minimum absolute atomic E-state index is 0.0183. The molecule has 2 aromatic rings. The molecule has 0 aliphatic heterocycles. The second kappa shape index (κ2) is 4.80. The zero-order chi connectivity index (χ0) is 13.1. The smallest absolute Gasteiger partial charge is 0.321 e. The Morgan fingerprint density at radius 1 is 1.44 bits per heavy atom. The third-order valence-corrected chi connectivity index (χ3v) is 2.17. The molecule has 2 rings (SSSR count). The van der Waals surface area contributed by atoms with Gasteiger partial charge in [-0.05, 0) is 17.1 Å². The number of nitrogens with zero attached hydrogens (tertiary/aromatic N) is 3. The van der Waals surface area contributed by atoms with E-state index >= 15 is 0 Å². The minimum Gasteiger partial charge on any atom is -0.358 e. The Balaban J connectivity index is 2.14. The summed E-state index contributed by atoms with van der Waals surface area (Å²) in [6.07, 6.45) is 1.38. The number of H-pyrrole nitrogens is 1. The topological polar surface area (TPSA) is 114 Å². The van der Waals surface area contributed by atoms with Gasteiger partial charge in [-0.1, -0.05) is 11.6 Å². The molecule has 0 saturated carbocycles. The predicted octanol–water partition coefficient (Wildman–Crippen LogP) is 1.62. The maximum absolute atomic E-state index is 11.7. The van der Waals surface area contributed by atoms with E-state index < -0.39 is 10.8 Å². The summed E-state index contributed by atoms with van der Waals surface area (Å²) < 4.78 is 0. The van der Waals surface area contributed by atoms with Crippen LogP contribution in [0.4, 0.5) is 11.8 Å². The summed E-state index contributed by atoms with van der Waals surface area (Å²) in [5, 5.41) is 13.0. The first-order valence-corrected chi connectivity index (χ1v) is 5.07. The van der Waals surface area contributed by atoms with E-state index in [4.69, 9.17) is 11.6 Å². The number of aromatic amines is 1. The highest BCUT2D eigenvalue weighted by molar-refractivity contribution is 6.29. The summed E-state index contributed by atoms with van der Waals surface area (Å²) in [7, 11) is 0. The lowest BCUT2D eigenvalue weighted by Gasteiger charge is -1.99. The van der Waals surface area contributed by atoms with Gasteiger partial charge in [-0.25, -0.2) is 15.0 Å². The largest absolute Gasteiger partial charge is 0.358 e. The third-order valence-electron chi connectivity index (χ3n) is 1.96. The zero-order valence-electron chi connectivity index (χ0n) is 8.75. The number of anilines is 1. The van der Waals surface area contributed by atoms with Gasteiger partial charge in [0.1, 0.15) is 5.15 Å². The number of nitrogens with one attached hydrogen (secondary N) is 2. The number of amides is 1. The van der Waals surface area contributed by atoms with E-state index in [1.807, 2.05) is 0 Å². The van der Waals surface area contributed by atoms with E-state index in [1.54, 1.807) is 0 Å². The van der Waals surface area contributed by atoms with Crippen molar-refractivity contribution in [2.24, 2.45) is 0 Å². The predicted molar refractivity (Wildman–Crippen MR) is 62.4 cm³/mol. The van der Waals surface area contributed by atoms with Crippen LogP contribution in [0.5, 0.6) is 0 Å². The average Bonchev–Trinajstić information content (AvgIpc) is 2.78. The van der Waals surface area contributed by atoms with Crippen LogP contribution >= 0.6 is 11.6 Å². The lowest BCUT2D eigenvalue weighted by Crippen LogP contribution is -2.14. The molecule has 2 N–H and O–H groups in total. The first kappa shape index (κ1) is 12.0. The Kier molecular flexibility index (Phi) is 3.20. The van der Waals surface area contributed by atoms with Gasteiger partial charge in [-0.3, -0.25) is 10.1 Å². The third kappa shape index (κ3) is 2.61. The molecule has 0 atom stereocenters. The highest BCUT2D eigenvalue weighted by Gasteiger charge is 2.16. The molecule has 0 saturated heterocycles. The van der Waals surface area contributed by atoms with Crippen molar-refractivity contribution < 1.29 is 9.72 Å². The first-order valence-electron chi connectivity index (χ1n) is 4.69. The maximum atomic E-state index is 11.7. The summed E-state index contributed by atoms with van der Waals surface area (Å²) in [6, 6.07) is 3.93. The van der Waals surface area contributed by atoms with Crippen LogP contribution in [0, 0.1) is 10.1 Å². The number of carbonyl (C=O) groups excluding carboxylic acids is 1. The van der Waals surface area contributed by atoms with Gasteiger partial charge in [0, 0.05) is 12.3 Å². The van der Waals surface area contributed by atoms with E-state index in [0.29, 0.717) is 0 Å². The zero-order valence-corrected chi connectivity index (χ0v) is 9.51. The molecule has 0 spiro atoms. The number of halogens is 1. The number of hydrogen-bond donors (Lipinski definition) is 2. The monoisotopic (exact) mass is 267 g/mol. The lowest BCUT2D eigenvalue weighted by molar-refractivity contribution is -0.389. The quantitative estimate of drug-likeness (QED) is 0.498. The van der Waals surface area contributed by atoms with E-state index in [-0.39, 0.29) is 22.6 Å².